The van der Waals surface area contributed by atoms with Crippen molar-refractivity contribution in [3.63, 3.8) is 0 Å². The van der Waals surface area contributed by atoms with Crippen molar-refractivity contribution in [3.8, 4) is 0 Å². The molecule has 0 amide bonds. The number of hydrogen-bond acceptors (Lipinski definition) is 6. The van der Waals surface area contributed by atoms with Crippen molar-refractivity contribution in [1.82, 2.24) is 0 Å². The first-order valence-corrected chi connectivity index (χ1v) is 20.9. The summed E-state index contributed by atoms with van der Waals surface area (Å²) < 4.78 is 16.6. The highest BCUT2D eigenvalue weighted by molar-refractivity contribution is 5.71. The van der Waals surface area contributed by atoms with E-state index in [1.165, 1.54) is 122 Å². The Kier molecular flexibility index (Phi) is 35.5. The zero-order chi connectivity index (χ0) is 35.3. The minimum atomic E-state index is -0.757. The van der Waals surface area contributed by atoms with Crippen LogP contribution < -0.4 is 0 Å². The Hall–Kier alpha value is -1.59. The molecule has 0 aliphatic carbocycles. The highest BCUT2D eigenvalue weighted by atomic mass is 16.6. The van der Waals surface area contributed by atoms with E-state index in [-0.39, 0.29) is 31.1 Å². The molecule has 0 unspecified atom stereocenters. The first-order chi connectivity index (χ1) is 23.4. The molecule has 0 aliphatic rings. The lowest BCUT2D eigenvalue weighted by molar-refractivity contribution is -0.167. The Balaban J connectivity index is 4.33. The van der Waals surface area contributed by atoms with Crippen molar-refractivity contribution >= 4 is 17.9 Å². The second kappa shape index (κ2) is 36.7. The van der Waals surface area contributed by atoms with Crippen LogP contribution in [0.2, 0.25) is 0 Å². The fraction of sp³-hybridized carbons (Fsp3) is 0.929. The summed E-state index contributed by atoms with van der Waals surface area (Å²) in [6.45, 7) is 8.90. The van der Waals surface area contributed by atoms with Crippen LogP contribution >= 0.6 is 0 Å². The minimum absolute atomic E-state index is 0.0650. The third-order valence-electron chi connectivity index (χ3n) is 9.29. The summed E-state index contributed by atoms with van der Waals surface area (Å²) in [5.41, 5.74) is 0. The van der Waals surface area contributed by atoms with Gasteiger partial charge in [0.1, 0.15) is 13.2 Å². The Morgan fingerprint density at radius 2 is 0.688 bits per heavy atom. The molecule has 0 radical (unpaired) electrons. The number of rotatable bonds is 37. The van der Waals surface area contributed by atoms with Crippen LogP contribution in [-0.2, 0) is 28.6 Å². The summed E-state index contributed by atoms with van der Waals surface area (Å²) in [6, 6.07) is 0. The summed E-state index contributed by atoms with van der Waals surface area (Å²) in [6.07, 6.45) is 33.8. The standard InChI is InChI=1S/C42H80O6/c1-5-7-9-11-13-15-16-18-21-25-29-33-40(43)46-36-39(48-42(45)35-31-27-22-17-14-12-10-8-6-2)37-47-41(44)34-30-26-23-19-20-24-28-32-38(3)4/h38-39H,5-37H2,1-4H3/t39-/m0/s1. The van der Waals surface area contributed by atoms with Crippen molar-refractivity contribution in [1.29, 1.82) is 0 Å². The van der Waals surface area contributed by atoms with E-state index in [1.807, 2.05) is 0 Å². The van der Waals surface area contributed by atoms with E-state index >= 15 is 0 Å². The molecule has 0 heterocycles. The second-order valence-corrected chi connectivity index (χ2v) is 14.7. The summed E-state index contributed by atoms with van der Waals surface area (Å²) in [7, 11) is 0. The van der Waals surface area contributed by atoms with Gasteiger partial charge in [0.25, 0.3) is 0 Å². The molecule has 0 bridgehead atoms. The number of hydrogen-bond donors (Lipinski definition) is 0. The van der Waals surface area contributed by atoms with E-state index in [1.54, 1.807) is 0 Å². The summed E-state index contributed by atoms with van der Waals surface area (Å²) in [5.74, 6) is -0.0837. The molecule has 284 valence electrons. The molecule has 6 heteroatoms. The molecule has 0 spiro atoms. The fourth-order valence-electron chi connectivity index (χ4n) is 6.10. The van der Waals surface area contributed by atoms with E-state index in [0.29, 0.717) is 19.3 Å². The molecular formula is C42H80O6. The first-order valence-electron chi connectivity index (χ1n) is 20.9. The monoisotopic (exact) mass is 681 g/mol. The molecule has 0 fully saturated rings. The van der Waals surface area contributed by atoms with Gasteiger partial charge in [0.15, 0.2) is 6.10 Å². The van der Waals surface area contributed by atoms with Crippen LogP contribution in [0.1, 0.15) is 227 Å². The molecule has 0 saturated carbocycles. The molecule has 0 aromatic rings. The van der Waals surface area contributed by atoms with Gasteiger partial charge in [0.05, 0.1) is 0 Å². The van der Waals surface area contributed by atoms with E-state index in [2.05, 4.69) is 27.7 Å². The number of esters is 3. The van der Waals surface area contributed by atoms with Gasteiger partial charge < -0.3 is 14.2 Å². The lowest BCUT2D eigenvalue weighted by atomic mass is 10.0. The fourth-order valence-corrected chi connectivity index (χ4v) is 6.10. The van der Waals surface area contributed by atoms with Gasteiger partial charge in [-0.05, 0) is 25.2 Å². The molecule has 48 heavy (non-hydrogen) atoms. The largest absolute Gasteiger partial charge is 0.462 e. The molecule has 1 atom stereocenters. The summed E-state index contributed by atoms with van der Waals surface area (Å²) >= 11 is 0. The number of carbonyl (C=O) groups excluding carboxylic acids is 3. The predicted molar refractivity (Wildman–Crippen MR) is 201 cm³/mol. The third-order valence-corrected chi connectivity index (χ3v) is 9.29. The SMILES string of the molecule is CCCCCCCCCCCCCC(=O)OC[C@@H](COC(=O)CCCCCCCCCC(C)C)OC(=O)CCCCCCCCCCC. The van der Waals surface area contributed by atoms with Crippen LogP contribution in [0.3, 0.4) is 0 Å². The van der Waals surface area contributed by atoms with Crippen molar-refractivity contribution in [2.45, 2.75) is 233 Å². The Bertz CT molecular complexity index is 721. The number of unbranched alkanes of at least 4 members (excludes halogenated alkanes) is 24. The average molecular weight is 681 g/mol. The average Bonchev–Trinajstić information content (AvgIpc) is 3.06. The maximum absolute atomic E-state index is 12.6. The topological polar surface area (TPSA) is 78.9 Å². The quantitative estimate of drug-likeness (QED) is 0.0369. The van der Waals surface area contributed by atoms with Crippen molar-refractivity contribution in [3.05, 3.63) is 0 Å². The Morgan fingerprint density at radius 3 is 1.02 bits per heavy atom. The van der Waals surface area contributed by atoms with Gasteiger partial charge in [-0.15, -0.1) is 0 Å². The highest BCUT2D eigenvalue weighted by Gasteiger charge is 2.19. The van der Waals surface area contributed by atoms with Crippen molar-refractivity contribution in [2.24, 2.45) is 5.92 Å². The van der Waals surface area contributed by atoms with E-state index in [9.17, 15) is 14.4 Å². The molecule has 0 N–H and O–H groups in total. The predicted octanol–water partition coefficient (Wildman–Crippen LogP) is 12.8. The van der Waals surface area contributed by atoms with Crippen LogP contribution in [0.4, 0.5) is 0 Å². The van der Waals surface area contributed by atoms with Gasteiger partial charge in [-0.3, -0.25) is 14.4 Å². The van der Waals surface area contributed by atoms with Crippen LogP contribution in [0.15, 0.2) is 0 Å². The van der Waals surface area contributed by atoms with Gasteiger partial charge in [-0.25, -0.2) is 0 Å². The summed E-state index contributed by atoms with van der Waals surface area (Å²) in [4.78, 5) is 37.5. The van der Waals surface area contributed by atoms with Crippen LogP contribution in [0, 0.1) is 5.92 Å². The third kappa shape index (κ3) is 35.7. The number of carbonyl (C=O) groups is 3. The molecule has 0 aliphatic heterocycles. The zero-order valence-corrected chi connectivity index (χ0v) is 32.4. The van der Waals surface area contributed by atoms with Gasteiger partial charge in [-0.1, -0.05) is 188 Å². The zero-order valence-electron chi connectivity index (χ0n) is 32.4. The molecular weight excluding hydrogens is 600 g/mol. The lowest BCUT2D eigenvalue weighted by Crippen LogP contribution is -2.30. The van der Waals surface area contributed by atoms with Gasteiger partial charge >= 0.3 is 17.9 Å². The first kappa shape index (κ1) is 46.4. The van der Waals surface area contributed by atoms with E-state index in [4.69, 9.17) is 14.2 Å². The Morgan fingerprint density at radius 1 is 0.396 bits per heavy atom. The van der Waals surface area contributed by atoms with Crippen LogP contribution in [0.25, 0.3) is 0 Å². The molecule has 0 aromatic heterocycles. The normalized spacial score (nSPS) is 11.9. The van der Waals surface area contributed by atoms with Crippen LogP contribution in [0.5, 0.6) is 0 Å². The summed E-state index contributed by atoms with van der Waals surface area (Å²) in [5, 5.41) is 0. The molecule has 6 nitrogen and oxygen atoms in total. The van der Waals surface area contributed by atoms with Crippen molar-refractivity contribution in [2.75, 3.05) is 13.2 Å². The van der Waals surface area contributed by atoms with Gasteiger partial charge in [-0.2, -0.15) is 0 Å². The highest BCUT2D eigenvalue weighted by Crippen LogP contribution is 2.15. The van der Waals surface area contributed by atoms with Crippen molar-refractivity contribution < 1.29 is 28.6 Å². The molecule has 0 saturated heterocycles. The van der Waals surface area contributed by atoms with Gasteiger partial charge in [0.2, 0.25) is 0 Å². The molecule has 0 aromatic carbocycles. The number of ether oxygens (including phenoxy) is 3. The molecule has 0 rings (SSSR count). The second-order valence-electron chi connectivity index (χ2n) is 14.7. The van der Waals surface area contributed by atoms with Crippen LogP contribution in [-0.4, -0.2) is 37.2 Å². The smallest absolute Gasteiger partial charge is 0.306 e. The maximum Gasteiger partial charge on any atom is 0.306 e. The lowest BCUT2D eigenvalue weighted by Gasteiger charge is -2.18. The van der Waals surface area contributed by atoms with Gasteiger partial charge in [0, 0.05) is 19.3 Å². The van der Waals surface area contributed by atoms with E-state index in [0.717, 1.165) is 63.7 Å². The maximum atomic E-state index is 12.6. The Labute approximate surface area is 298 Å². The van der Waals surface area contributed by atoms with E-state index < -0.39 is 6.10 Å². The minimum Gasteiger partial charge on any atom is -0.462 e.